The highest BCUT2D eigenvalue weighted by atomic mass is 32.1. The van der Waals surface area contributed by atoms with E-state index >= 15 is 0 Å². The summed E-state index contributed by atoms with van der Waals surface area (Å²) in [6.45, 7) is 1.62. The van der Waals surface area contributed by atoms with Crippen LogP contribution in [0.5, 0.6) is 0 Å². The molecule has 0 saturated carbocycles. The standard InChI is InChI=1S/C19H18FN3O4S/c1-10(11-6-8-12(20)9-7-11)22-23-17(25)16(24)21-18-15(19(26)27-2)13-4-3-5-14(13)28-18/h6-9H,3-5H2,1-2H3,(H,21,24)(H,23,25)/b22-10+. The lowest BCUT2D eigenvalue weighted by atomic mass is 10.1. The van der Waals surface area contributed by atoms with Gasteiger partial charge in [0, 0.05) is 4.88 Å². The molecule has 1 aliphatic carbocycles. The van der Waals surface area contributed by atoms with Crippen LogP contribution in [-0.2, 0) is 27.2 Å². The van der Waals surface area contributed by atoms with E-state index < -0.39 is 17.8 Å². The minimum Gasteiger partial charge on any atom is -0.465 e. The van der Waals surface area contributed by atoms with Crippen molar-refractivity contribution in [3.63, 3.8) is 0 Å². The Kier molecular flexibility index (Phi) is 5.84. The lowest BCUT2D eigenvalue weighted by molar-refractivity contribution is -0.136. The Morgan fingerprint density at radius 1 is 1.14 bits per heavy atom. The number of rotatable bonds is 4. The van der Waals surface area contributed by atoms with Gasteiger partial charge in [-0.05, 0) is 49.4 Å². The maximum Gasteiger partial charge on any atom is 0.341 e. The van der Waals surface area contributed by atoms with Crippen molar-refractivity contribution in [2.24, 2.45) is 5.10 Å². The van der Waals surface area contributed by atoms with E-state index in [4.69, 9.17) is 4.74 Å². The Labute approximate surface area is 164 Å². The second kappa shape index (κ2) is 8.30. The number of nitrogens with zero attached hydrogens (tertiary/aromatic N) is 1. The third-order valence-electron chi connectivity index (χ3n) is 4.33. The Bertz CT molecular complexity index is 966. The maximum atomic E-state index is 13.0. The number of hydrogen-bond donors (Lipinski definition) is 2. The molecule has 0 fully saturated rings. The summed E-state index contributed by atoms with van der Waals surface area (Å²) in [6, 6.07) is 5.56. The highest BCUT2D eigenvalue weighted by Crippen LogP contribution is 2.39. The summed E-state index contributed by atoms with van der Waals surface area (Å²) in [5.74, 6) is -2.85. The van der Waals surface area contributed by atoms with Crippen molar-refractivity contribution >= 4 is 39.8 Å². The number of aryl methyl sites for hydroxylation is 1. The van der Waals surface area contributed by atoms with Crippen molar-refractivity contribution in [1.29, 1.82) is 0 Å². The molecule has 1 aliphatic rings. The van der Waals surface area contributed by atoms with E-state index in [1.165, 1.54) is 42.7 Å². The Morgan fingerprint density at radius 3 is 2.54 bits per heavy atom. The van der Waals surface area contributed by atoms with Crippen LogP contribution in [0.2, 0.25) is 0 Å². The molecule has 0 spiro atoms. The molecule has 1 aromatic carbocycles. The molecule has 1 aromatic heterocycles. The molecular weight excluding hydrogens is 385 g/mol. The third kappa shape index (κ3) is 4.09. The number of halogens is 1. The molecule has 0 unspecified atom stereocenters. The number of hydrogen-bond acceptors (Lipinski definition) is 6. The Morgan fingerprint density at radius 2 is 1.86 bits per heavy atom. The van der Waals surface area contributed by atoms with Crippen molar-refractivity contribution < 1.29 is 23.5 Å². The number of hydrazone groups is 1. The van der Waals surface area contributed by atoms with Crippen LogP contribution in [-0.4, -0.2) is 30.6 Å². The van der Waals surface area contributed by atoms with E-state index in [1.54, 1.807) is 6.92 Å². The van der Waals surface area contributed by atoms with Crippen LogP contribution in [0.4, 0.5) is 9.39 Å². The van der Waals surface area contributed by atoms with E-state index in [1.807, 2.05) is 0 Å². The molecule has 2 amide bonds. The molecule has 0 bridgehead atoms. The number of anilines is 1. The zero-order chi connectivity index (χ0) is 20.3. The number of esters is 1. The molecule has 7 nitrogen and oxygen atoms in total. The normalized spacial score (nSPS) is 13.0. The van der Waals surface area contributed by atoms with Gasteiger partial charge >= 0.3 is 17.8 Å². The first-order valence-corrected chi connectivity index (χ1v) is 9.36. The molecule has 0 aliphatic heterocycles. The molecule has 2 aromatic rings. The van der Waals surface area contributed by atoms with Gasteiger partial charge in [-0.3, -0.25) is 9.59 Å². The first kappa shape index (κ1) is 19.7. The number of benzene rings is 1. The van der Waals surface area contributed by atoms with Crippen LogP contribution in [0.15, 0.2) is 29.4 Å². The molecular formula is C19H18FN3O4S. The maximum absolute atomic E-state index is 13.0. The predicted molar refractivity (Wildman–Crippen MR) is 103 cm³/mol. The molecule has 28 heavy (non-hydrogen) atoms. The number of carbonyl (C=O) groups is 3. The number of nitrogens with one attached hydrogen (secondary N) is 2. The second-order valence-corrected chi connectivity index (χ2v) is 7.26. The molecule has 0 saturated heterocycles. The predicted octanol–water partition coefficient (Wildman–Crippen LogP) is 2.64. The monoisotopic (exact) mass is 403 g/mol. The summed E-state index contributed by atoms with van der Waals surface area (Å²) in [6.07, 6.45) is 2.50. The fourth-order valence-corrected chi connectivity index (χ4v) is 4.18. The van der Waals surface area contributed by atoms with E-state index in [0.717, 1.165) is 29.7 Å². The summed E-state index contributed by atoms with van der Waals surface area (Å²) < 4.78 is 17.8. The summed E-state index contributed by atoms with van der Waals surface area (Å²) >= 11 is 1.28. The van der Waals surface area contributed by atoms with Crippen LogP contribution < -0.4 is 10.7 Å². The summed E-state index contributed by atoms with van der Waals surface area (Å²) in [4.78, 5) is 37.4. The summed E-state index contributed by atoms with van der Waals surface area (Å²) in [5.41, 5.74) is 4.35. The number of amides is 2. The van der Waals surface area contributed by atoms with Crippen molar-refractivity contribution in [2.75, 3.05) is 12.4 Å². The average molecular weight is 403 g/mol. The van der Waals surface area contributed by atoms with Gasteiger partial charge in [0.15, 0.2) is 0 Å². The van der Waals surface area contributed by atoms with Crippen molar-refractivity contribution in [2.45, 2.75) is 26.2 Å². The number of thiophene rings is 1. The highest BCUT2D eigenvalue weighted by Gasteiger charge is 2.29. The fraction of sp³-hybridized carbons (Fsp3) is 0.263. The quantitative estimate of drug-likeness (QED) is 0.355. The largest absolute Gasteiger partial charge is 0.465 e. The van der Waals surface area contributed by atoms with Crippen LogP contribution in [0.25, 0.3) is 0 Å². The van der Waals surface area contributed by atoms with Gasteiger partial charge in [0.1, 0.15) is 10.8 Å². The van der Waals surface area contributed by atoms with E-state index in [9.17, 15) is 18.8 Å². The van der Waals surface area contributed by atoms with Crippen molar-refractivity contribution in [1.82, 2.24) is 5.43 Å². The molecule has 2 N–H and O–H groups in total. The van der Waals surface area contributed by atoms with Gasteiger partial charge < -0.3 is 10.1 Å². The van der Waals surface area contributed by atoms with Crippen LogP contribution in [0.1, 0.15) is 39.7 Å². The van der Waals surface area contributed by atoms with E-state index in [0.29, 0.717) is 21.8 Å². The lowest BCUT2D eigenvalue weighted by Crippen LogP contribution is -2.33. The topological polar surface area (TPSA) is 96.9 Å². The van der Waals surface area contributed by atoms with Crippen LogP contribution in [0, 0.1) is 5.82 Å². The molecule has 1 heterocycles. The van der Waals surface area contributed by atoms with Crippen molar-refractivity contribution in [3.8, 4) is 0 Å². The van der Waals surface area contributed by atoms with Gasteiger partial charge in [-0.15, -0.1) is 11.3 Å². The van der Waals surface area contributed by atoms with Gasteiger partial charge in [-0.25, -0.2) is 14.6 Å². The fourth-order valence-electron chi connectivity index (χ4n) is 2.91. The van der Waals surface area contributed by atoms with Crippen LogP contribution in [0.3, 0.4) is 0 Å². The zero-order valence-corrected chi connectivity index (χ0v) is 16.1. The number of ether oxygens (including phenoxy) is 1. The Hall–Kier alpha value is -3.07. The van der Waals surface area contributed by atoms with E-state index in [-0.39, 0.29) is 5.82 Å². The van der Waals surface area contributed by atoms with Gasteiger partial charge in [-0.2, -0.15) is 5.10 Å². The first-order chi connectivity index (χ1) is 13.4. The lowest BCUT2D eigenvalue weighted by Gasteiger charge is -2.06. The minimum absolute atomic E-state index is 0.302. The zero-order valence-electron chi connectivity index (χ0n) is 15.3. The molecule has 0 atom stereocenters. The van der Waals surface area contributed by atoms with Crippen molar-refractivity contribution in [3.05, 3.63) is 51.7 Å². The van der Waals surface area contributed by atoms with Gasteiger partial charge in [0.25, 0.3) is 0 Å². The van der Waals surface area contributed by atoms with Gasteiger partial charge in [-0.1, -0.05) is 12.1 Å². The molecule has 146 valence electrons. The van der Waals surface area contributed by atoms with E-state index in [2.05, 4.69) is 15.8 Å². The van der Waals surface area contributed by atoms with Gasteiger partial charge in [0.2, 0.25) is 0 Å². The SMILES string of the molecule is COC(=O)c1c(NC(=O)C(=O)N/N=C(\C)c2ccc(F)cc2)sc2c1CCC2. The number of carbonyl (C=O) groups excluding carboxylic acids is 3. The average Bonchev–Trinajstić information content (AvgIpc) is 3.26. The van der Waals surface area contributed by atoms with Crippen LogP contribution >= 0.6 is 11.3 Å². The summed E-state index contributed by atoms with van der Waals surface area (Å²) in [5, 5.41) is 6.63. The second-order valence-electron chi connectivity index (χ2n) is 6.15. The number of fused-ring (bicyclic) bond motifs is 1. The highest BCUT2D eigenvalue weighted by molar-refractivity contribution is 7.17. The minimum atomic E-state index is -0.981. The molecule has 9 heteroatoms. The molecule has 0 radical (unpaired) electrons. The Balaban J connectivity index is 1.70. The number of methoxy groups -OCH3 is 1. The first-order valence-electron chi connectivity index (χ1n) is 8.55. The molecule has 3 rings (SSSR count). The smallest absolute Gasteiger partial charge is 0.341 e. The van der Waals surface area contributed by atoms with Gasteiger partial charge in [0.05, 0.1) is 18.4 Å². The summed E-state index contributed by atoms with van der Waals surface area (Å²) in [7, 11) is 1.27. The third-order valence-corrected chi connectivity index (χ3v) is 5.54.